The number of ether oxygens (including phenoxy) is 2. The predicted octanol–water partition coefficient (Wildman–Crippen LogP) is 2.90. The van der Waals surface area contributed by atoms with Crippen LogP contribution in [-0.4, -0.2) is 30.0 Å². The zero-order chi connectivity index (χ0) is 15.3. The first-order valence-electron chi connectivity index (χ1n) is 7.20. The molecule has 1 aromatic rings. The minimum atomic E-state index is -0.353. The summed E-state index contributed by atoms with van der Waals surface area (Å²) in [6.45, 7) is 4.56. The van der Waals surface area contributed by atoms with E-state index in [1.54, 1.807) is 6.07 Å². The highest BCUT2D eigenvalue weighted by Crippen LogP contribution is 2.30. The molecule has 114 valence electrons. The van der Waals surface area contributed by atoms with Crippen molar-refractivity contribution in [1.29, 1.82) is 0 Å². The summed E-state index contributed by atoms with van der Waals surface area (Å²) in [6, 6.07) is 4.28. The zero-order valence-corrected chi connectivity index (χ0v) is 12.5. The molecule has 0 radical (unpaired) electrons. The van der Waals surface area contributed by atoms with Crippen molar-refractivity contribution < 1.29 is 19.0 Å². The van der Waals surface area contributed by atoms with Crippen LogP contribution in [0.4, 0.5) is 4.39 Å². The summed E-state index contributed by atoms with van der Waals surface area (Å²) in [5.74, 6) is 5.81. The summed E-state index contributed by atoms with van der Waals surface area (Å²) in [5.41, 5.74) is 0.404. The van der Waals surface area contributed by atoms with Crippen LogP contribution in [0.1, 0.15) is 38.7 Å². The van der Waals surface area contributed by atoms with Crippen molar-refractivity contribution in [2.24, 2.45) is 0 Å². The Balaban J connectivity index is 2.01. The van der Waals surface area contributed by atoms with Crippen LogP contribution >= 0.6 is 0 Å². The molecule has 2 rings (SSSR count). The quantitative estimate of drug-likeness (QED) is 0.867. The summed E-state index contributed by atoms with van der Waals surface area (Å²) in [7, 11) is 0. The van der Waals surface area contributed by atoms with Crippen molar-refractivity contribution in [1.82, 2.24) is 0 Å². The highest BCUT2D eigenvalue weighted by molar-refractivity contribution is 5.46. The molecule has 1 aromatic carbocycles. The number of hydrogen-bond acceptors (Lipinski definition) is 3. The molecule has 1 atom stereocenters. The van der Waals surface area contributed by atoms with Crippen LogP contribution in [0.3, 0.4) is 0 Å². The monoisotopic (exact) mass is 292 g/mol. The Morgan fingerprint density at radius 2 is 2.29 bits per heavy atom. The van der Waals surface area contributed by atoms with Crippen LogP contribution in [0.5, 0.6) is 5.75 Å². The minimum Gasteiger partial charge on any atom is -0.490 e. The van der Waals surface area contributed by atoms with Gasteiger partial charge in [-0.2, -0.15) is 0 Å². The first-order chi connectivity index (χ1) is 10.00. The second-order valence-corrected chi connectivity index (χ2v) is 5.77. The van der Waals surface area contributed by atoms with Crippen LogP contribution in [0.25, 0.3) is 0 Å². The summed E-state index contributed by atoms with van der Waals surface area (Å²) in [4.78, 5) is 0. The van der Waals surface area contributed by atoms with Gasteiger partial charge >= 0.3 is 0 Å². The molecule has 1 aliphatic heterocycles. The van der Waals surface area contributed by atoms with E-state index in [2.05, 4.69) is 25.7 Å². The molecule has 0 amide bonds. The number of halogens is 1. The van der Waals surface area contributed by atoms with E-state index in [4.69, 9.17) is 14.6 Å². The molecule has 21 heavy (non-hydrogen) atoms. The Bertz CT molecular complexity index is 543. The fraction of sp³-hybridized carbons (Fsp3) is 0.529. The summed E-state index contributed by atoms with van der Waals surface area (Å²) < 4.78 is 24.9. The van der Waals surface area contributed by atoms with Crippen LogP contribution in [-0.2, 0) is 4.74 Å². The molecular weight excluding hydrogens is 271 g/mol. The number of benzene rings is 1. The number of rotatable bonds is 4. The molecule has 0 saturated carbocycles. The van der Waals surface area contributed by atoms with E-state index in [0.717, 1.165) is 12.8 Å². The van der Waals surface area contributed by atoms with Crippen LogP contribution < -0.4 is 4.74 Å². The Morgan fingerprint density at radius 3 is 2.95 bits per heavy atom. The lowest BCUT2D eigenvalue weighted by Crippen LogP contribution is -2.24. The second kappa shape index (κ2) is 6.93. The summed E-state index contributed by atoms with van der Waals surface area (Å²) >= 11 is 0. The molecule has 0 spiro atoms. The Labute approximate surface area is 125 Å². The molecule has 3 nitrogen and oxygen atoms in total. The van der Waals surface area contributed by atoms with Crippen molar-refractivity contribution in [2.75, 3.05) is 13.2 Å². The van der Waals surface area contributed by atoms with E-state index in [1.165, 1.54) is 12.1 Å². The van der Waals surface area contributed by atoms with Crippen LogP contribution in [0, 0.1) is 17.7 Å². The molecule has 4 heteroatoms. The maximum Gasteiger partial charge on any atom is 0.135 e. The normalized spacial score (nSPS) is 19.9. The van der Waals surface area contributed by atoms with Gasteiger partial charge in [-0.05, 0) is 44.9 Å². The lowest BCUT2D eigenvalue weighted by molar-refractivity contribution is -0.0326. The molecule has 0 aromatic heterocycles. The molecule has 1 N–H and O–H groups in total. The highest BCUT2D eigenvalue weighted by atomic mass is 19.1. The maximum absolute atomic E-state index is 13.3. The Morgan fingerprint density at radius 1 is 1.48 bits per heavy atom. The third kappa shape index (κ3) is 4.73. The van der Waals surface area contributed by atoms with Crippen LogP contribution in [0.2, 0.25) is 0 Å². The smallest absolute Gasteiger partial charge is 0.135 e. The van der Waals surface area contributed by atoms with Gasteiger partial charge in [-0.3, -0.25) is 0 Å². The van der Waals surface area contributed by atoms with Crippen molar-refractivity contribution in [3.05, 3.63) is 29.6 Å². The Kier molecular flexibility index (Phi) is 5.22. The van der Waals surface area contributed by atoms with E-state index in [9.17, 15) is 4.39 Å². The lowest BCUT2D eigenvalue weighted by Gasteiger charge is -2.19. The maximum atomic E-state index is 13.3. The third-order valence-corrected chi connectivity index (χ3v) is 3.38. The third-order valence-electron chi connectivity index (χ3n) is 3.38. The average molecular weight is 292 g/mol. The van der Waals surface area contributed by atoms with Crippen molar-refractivity contribution in [3.63, 3.8) is 0 Å². The first-order valence-corrected chi connectivity index (χ1v) is 7.20. The van der Waals surface area contributed by atoms with Crippen molar-refractivity contribution >= 4 is 0 Å². The summed E-state index contributed by atoms with van der Waals surface area (Å²) in [5, 5.41) is 8.74. The molecule has 1 fully saturated rings. The SMILES string of the molecule is CC1(C)CCC(COc2ccc(F)cc2C#CCCO)O1. The first kappa shape index (κ1) is 15.8. The van der Waals surface area contributed by atoms with Gasteiger partial charge in [0, 0.05) is 6.42 Å². The molecule has 0 bridgehead atoms. The van der Waals surface area contributed by atoms with Gasteiger partial charge in [0.2, 0.25) is 0 Å². The van der Waals surface area contributed by atoms with Crippen molar-refractivity contribution in [2.45, 2.75) is 44.8 Å². The predicted molar refractivity (Wildman–Crippen MR) is 78.7 cm³/mol. The molecular formula is C17H21FO3. The van der Waals surface area contributed by atoms with Crippen molar-refractivity contribution in [3.8, 4) is 17.6 Å². The minimum absolute atomic E-state index is 0.0104. The van der Waals surface area contributed by atoms with Gasteiger partial charge in [-0.25, -0.2) is 4.39 Å². The number of aliphatic hydroxyl groups excluding tert-OH is 1. The van der Waals surface area contributed by atoms with E-state index < -0.39 is 0 Å². The topological polar surface area (TPSA) is 38.7 Å². The van der Waals surface area contributed by atoms with E-state index >= 15 is 0 Å². The fourth-order valence-electron chi connectivity index (χ4n) is 2.32. The van der Waals surface area contributed by atoms with Gasteiger partial charge in [-0.15, -0.1) is 0 Å². The van der Waals surface area contributed by atoms with Gasteiger partial charge in [0.1, 0.15) is 18.2 Å². The fourth-order valence-corrected chi connectivity index (χ4v) is 2.32. The standard InChI is InChI=1S/C17H21FO3/c1-17(2)9-8-15(21-17)12-20-16-7-6-14(18)11-13(16)5-3-4-10-19/h6-7,11,15,19H,4,8-10,12H2,1-2H3. The molecule has 1 unspecified atom stereocenters. The Hall–Kier alpha value is -1.57. The molecule has 1 heterocycles. The van der Waals surface area contributed by atoms with Gasteiger partial charge in [0.15, 0.2) is 0 Å². The van der Waals surface area contributed by atoms with Gasteiger partial charge in [0.05, 0.1) is 23.9 Å². The van der Waals surface area contributed by atoms with E-state index in [-0.39, 0.29) is 24.1 Å². The largest absolute Gasteiger partial charge is 0.490 e. The molecule has 0 aliphatic carbocycles. The van der Waals surface area contributed by atoms with Crippen LogP contribution in [0.15, 0.2) is 18.2 Å². The van der Waals surface area contributed by atoms with E-state index in [0.29, 0.717) is 24.3 Å². The zero-order valence-electron chi connectivity index (χ0n) is 12.5. The van der Waals surface area contributed by atoms with Gasteiger partial charge in [0.25, 0.3) is 0 Å². The molecule has 1 aliphatic rings. The highest BCUT2D eigenvalue weighted by Gasteiger charge is 2.31. The van der Waals surface area contributed by atoms with Gasteiger partial charge < -0.3 is 14.6 Å². The lowest BCUT2D eigenvalue weighted by atomic mass is 10.1. The number of hydrogen-bond donors (Lipinski definition) is 1. The summed E-state index contributed by atoms with van der Waals surface area (Å²) in [6.07, 6.45) is 2.38. The molecule has 1 saturated heterocycles. The number of aliphatic hydroxyl groups is 1. The van der Waals surface area contributed by atoms with Gasteiger partial charge in [-0.1, -0.05) is 11.8 Å². The second-order valence-electron chi connectivity index (χ2n) is 5.77. The average Bonchev–Trinajstić information content (AvgIpc) is 2.78. The van der Waals surface area contributed by atoms with E-state index in [1.807, 2.05) is 0 Å².